The molecule has 2 rings (SSSR count). The van der Waals surface area contributed by atoms with Crippen LogP contribution in [0.2, 0.25) is 0 Å². The fourth-order valence-corrected chi connectivity index (χ4v) is 2.62. The summed E-state index contributed by atoms with van der Waals surface area (Å²) in [6.07, 6.45) is 2.02. The highest BCUT2D eigenvalue weighted by Gasteiger charge is 2.27. The molecule has 1 aliphatic rings. The van der Waals surface area contributed by atoms with Crippen molar-refractivity contribution in [1.29, 1.82) is 0 Å². The number of hydrogen-bond acceptors (Lipinski definition) is 1. The van der Waals surface area contributed by atoms with Crippen molar-refractivity contribution in [2.24, 2.45) is 5.92 Å². The molecule has 1 aliphatic heterocycles. The van der Waals surface area contributed by atoms with Gasteiger partial charge in [0.1, 0.15) is 5.82 Å². The second-order valence-corrected chi connectivity index (χ2v) is 5.18. The van der Waals surface area contributed by atoms with Crippen molar-refractivity contribution in [3.05, 3.63) is 34.1 Å². The highest BCUT2D eigenvalue weighted by atomic mass is 79.9. The topological polar surface area (TPSA) is 9.23 Å². The van der Waals surface area contributed by atoms with Crippen LogP contribution < -0.4 is 0 Å². The van der Waals surface area contributed by atoms with E-state index in [1.807, 2.05) is 6.07 Å². The zero-order valence-corrected chi connectivity index (χ0v) is 11.1. The minimum absolute atomic E-state index is 0.0613. The second-order valence-electron chi connectivity index (χ2n) is 4.02. The summed E-state index contributed by atoms with van der Waals surface area (Å²) in [4.78, 5) is 0. The molecule has 16 heavy (non-hydrogen) atoms. The number of alkyl halides is 1. The Balaban J connectivity index is 2.23. The van der Waals surface area contributed by atoms with E-state index >= 15 is 0 Å². The Hall–Kier alpha value is -0.120. The Morgan fingerprint density at radius 1 is 1.50 bits per heavy atom. The molecule has 0 aliphatic carbocycles. The third-order valence-corrected chi connectivity index (χ3v) is 3.95. The summed E-state index contributed by atoms with van der Waals surface area (Å²) in [6, 6.07) is 5.14. The average molecular weight is 308 g/mol. The van der Waals surface area contributed by atoms with E-state index in [-0.39, 0.29) is 17.8 Å². The lowest BCUT2D eigenvalue weighted by atomic mass is 9.91. The Morgan fingerprint density at radius 3 is 3.00 bits per heavy atom. The van der Waals surface area contributed by atoms with Gasteiger partial charge in [-0.1, -0.05) is 6.07 Å². The van der Waals surface area contributed by atoms with Crippen LogP contribution in [0.15, 0.2) is 22.7 Å². The zero-order valence-electron chi connectivity index (χ0n) is 8.76. The molecule has 1 fully saturated rings. The van der Waals surface area contributed by atoms with E-state index < -0.39 is 0 Å². The minimum atomic E-state index is -0.250. The van der Waals surface area contributed by atoms with Crippen molar-refractivity contribution in [2.75, 3.05) is 12.5 Å². The lowest BCUT2D eigenvalue weighted by molar-refractivity contribution is -0.0209. The molecule has 0 aromatic heterocycles. The molecule has 1 heterocycles. The Morgan fingerprint density at radius 2 is 2.31 bits per heavy atom. The molecule has 88 valence electrons. The van der Waals surface area contributed by atoms with Gasteiger partial charge < -0.3 is 4.74 Å². The summed E-state index contributed by atoms with van der Waals surface area (Å²) in [7, 11) is 0. The number of benzene rings is 1. The van der Waals surface area contributed by atoms with E-state index in [0.29, 0.717) is 10.4 Å². The Bertz CT molecular complexity index is 372. The first-order valence-electron chi connectivity index (χ1n) is 5.35. The molecule has 0 bridgehead atoms. The molecule has 1 nitrogen and oxygen atoms in total. The number of hydrogen-bond donors (Lipinski definition) is 0. The van der Waals surface area contributed by atoms with E-state index in [1.54, 1.807) is 6.07 Å². The molecule has 1 aromatic carbocycles. The molecule has 0 radical (unpaired) electrons. The maximum absolute atomic E-state index is 13.4. The van der Waals surface area contributed by atoms with Crippen LogP contribution in [-0.2, 0) is 4.74 Å². The van der Waals surface area contributed by atoms with Gasteiger partial charge in [-0.25, -0.2) is 4.39 Å². The van der Waals surface area contributed by atoms with E-state index in [0.717, 1.165) is 25.0 Å². The molecule has 2 atom stereocenters. The number of halogens is 3. The average Bonchev–Trinajstić information content (AvgIpc) is 2.32. The van der Waals surface area contributed by atoms with Crippen molar-refractivity contribution >= 4 is 27.5 Å². The molecule has 1 saturated heterocycles. The molecule has 0 saturated carbocycles. The predicted molar refractivity (Wildman–Crippen MR) is 66.2 cm³/mol. The molecule has 0 amide bonds. The molecule has 0 N–H and O–H groups in total. The van der Waals surface area contributed by atoms with Gasteiger partial charge >= 0.3 is 0 Å². The van der Waals surface area contributed by atoms with Crippen LogP contribution in [0.25, 0.3) is 0 Å². The molecule has 4 heteroatoms. The van der Waals surface area contributed by atoms with E-state index in [2.05, 4.69) is 15.9 Å². The third kappa shape index (κ3) is 2.58. The Labute approximate surface area is 108 Å². The van der Waals surface area contributed by atoms with Gasteiger partial charge in [-0.2, -0.15) is 0 Å². The van der Waals surface area contributed by atoms with Gasteiger partial charge in [-0.05, 0) is 46.5 Å². The van der Waals surface area contributed by atoms with E-state index in [9.17, 15) is 4.39 Å². The van der Waals surface area contributed by atoms with Crippen molar-refractivity contribution in [1.82, 2.24) is 0 Å². The molecular formula is C12H13BrClFO. The van der Waals surface area contributed by atoms with Gasteiger partial charge in [0.05, 0.1) is 10.6 Å². The number of rotatable bonds is 2. The molecule has 1 aromatic rings. The highest BCUT2D eigenvalue weighted by Crippen LogP contribution is 2.35. The van der Waals surface area contributed by atoms with Crippen LogP contribution in [0.1, 0.15) is 24.5 Å². The second kappa shape index (κ2) is 5.48. The van der Waals surface area contributed by atoms with Crippen LogP contribution in [-0.4, -0.2) is 12.5 Å². The van der Waals surface area contributed by atoms with Crippen molar-refractivity contribution < 1.29 is 9.13 Å². The van der Waals surface area contributed by atoms with Crippen LogP contribution in [0.5, 0.6) is 0 Å². The fourth-order valence-electron chi connectivity index (χ4n) is 2.06. The third-order valence-electron chi connectivity index (χ3n) is 2.92. The smallest absolute Gasteiger partial charge is 0.137 e. The maximum atomic E-state index is 13.4. The van der Waals surface area contributed by atoms with E-state index in [4.69, 9.17) is 16.3 Å². The van der Waals surface area contributed by atoms with E-state index in [1.165, 1.54) is 6.07 Å². The summed E-state index contributed by atoms with van der Waals surface area (Å²) < 4.78 is 19.6. The first kappa shape index (κ1) is 12.3. The normalized spacial score (nSPS) is 25.7. The number of ether oxygens (including phenoxy) is 1. The van der Waals surface area contributed by atoms with Crippen LogP contribution in [0.3, 0.4) is 0 Å². The summed E-state index contributed by atoms with van der Waals surface area (Å²) >= 11 is 9.06. The summed E-state index contributed by atoms with van der Waals surface area (Å²) in [5, 5.41) is 0. The molecule has 0 spiro atoms. The molecular weight excluding hydrogens is 294 g/mol. The van der Waals surface area contributed by atoms with Gasteiger partial charge in [-0.15, -0.1) is 11.6 Å². The SMILES string of the molecule is Fc1cc(C2OCCCC2CCl)ccc1Br. The van der Waals surface area contributed by atoms with Crippen molar-refractivity contribution in [3.63, 3.8) is 0 Å². The van der Waals surface area contributed by atoms with Gasteiger partial charge in [0, 0.05) is 18.4 Å². The monoisotopic (exact) mass is 306 g/mol. The summed E-state index contributed by atoms with van der Waals surface area (Å²) in [5.41, 5.74) is 0.881. The molecule has 2 unspecified atom stereocenters. The van der Waals surface area contributed by atoms with Crippen molar-refractivity contribution in [2.45, 2.75) is 18.9 Å². The first-order chi connectivity index (χ1) is 7.72. The maximum Gasteiger partial charge on any atom is 0.137 e. The minimum Gasteiger partial charge on any atom is -0.373 e. The van der Waals surface area contributed by atoms with Crippen molar-refractivity contribution in [3.8, 4) is 0 Å². The van der Waals surface area contributed by atoms with Gasteiger partial charge in [-0.3, -0.25) is 0 Å². The lowest BCUT2D eigenvalue weighted by Gasteiger charge is -2.30. The lowest BCUT2D eigenvalue weighted by Crippen LogP contribution is -2.23. The fraction of sp³-hybridized carbons (Fsp3) is 0.500. The zero-order chi connectivity index (χ0) is 11.5. The van der Waals surface area contributed by atoms with Crippen LogP contribution in [0.4, 0.5) is 4.39 Å². The standard InChI is InChI=1S/C12H13BrClFO/c13-10-4-3-8(6-11(10)15)12-9(7-14)2-1-5-16-12/h3-4,6,9,12H,1-2,5,7H2. The highest BCUT2D eigenvalue weighted by molar-refractivity contribution is 9.10. The summed E-state index contributed by atoms with van der Waals surface area (Å²) in [6.45, 7) is 0.732. The Kier molecular flexibility index (Phi) is 4.22. The predicted octanol–water partition coefficient (Wildman–Crippen LogP) is 4.29. The van der Waals surface area contributed by atoms with Gasteiger partial charge in [0.2, 0.25) is 0 Å². The van der Waals surface area contributed by atoms with Gasteiger partial charge in [0.25, 0.3) is 0 Å². The first-order valence-corrected chi connectivity index (χ1v) is 6.67. The van der Waals surface area contributed by atoms with Crippen LogP contribution in [0, 0.1) is 11.7 Å². The van der Waals surface area contributed by atoms with Gasteiger partial charge in [0.15, 0.2) is 0 Å². The quantitative estimate of drug-likeness (QED) is 0.740. The van der Waals surface area contributed by atoms with Crippen LogP contribution >= 0.6 is 27.5 Å². The summed E-state index contributed by atoms with van der Waals surface area (Å²) in [5.74, 6) is 0.596. The largest absolute Gasteiger partial charge is 0.373 e.